The third kappa shape index (κ3) is 11.9. The van der Waals surface area contributed by atoms with Gasteiger partial charge in [-0.1, -0.05) is 64.6 Å². The van der Waals surface area contributed by atoms with Crippen molar-refractivity contribution < 1.29 is 48.9 Å². The third-order valence-corrected chi connectivity index (χ3v) is 8.44. The summed E-state index contributed by atoms with van der Waals surface area (Å²) in [6.45, 7) is 1.67. The Morgan fingerprint density at radius 1 is 0.800 bits per heavy atom. The van der Waals surface area contributed by atoms with Crippen molar-refractivity contribution in [2.75, 3.05) is 26.2 Å². The first-order valence-corrected chi connectivity index (χ1v) is 19.2. The van der Waals surface area contributed by atoms with E-state index >= 15 is 0 Å². The van der Waals surface area contributed by atoms with E-state index < -0.39 is 50.1 Å². The average molecular weight is 819 g/mol. The zero-order chi connectivity index (χ0) is 37.4. The second-order valence-electron chi connectivity index (χ2n) is 10.2. The van der Waals surface area contributed by atoms with Crippen molar-refractivity contribution >= 4 is 90.0 Å². The van der Waals surface area contributed by atoms with Gasteiger partial charge in [-0.15, -0.1) is 0 Å². The molecule has 0 aromatic heterocycles. The Balaban J connectivity index is 0.000000271. The van der Waals surface area contributed by atoms with E-state index in [1.165, 1.54) is 19.2 Å². The van der Waals surface area contributed by atoms with Crippen LogP contribution in [0.2, 0.25) is 10.0 Å². The van der Waals surface area contributed by atoms with Crippen molar-refractivity contribution in [3.63, 3.8) is 0 Å². The van der Waals surface area contributed by atoms with E-state index in [-0.39, 0.29) is 62.9 Å². The molecule has 272 valence electrons. The molecular formula is C29H29Cl4FN4O10S2. The minimum absolute atomic E-state index is 0.0319. The molecule has 0 fully saturated rings. The summed E-state index contributed by atoms with van der Waals surface area (Å²) in [5, 5.41) is 0.525. The number of halogens is 5. The summed E-state index contributed by atoms with van der Waals surface area (Å²) < 4.78 is 77.6. The maximum atomic E-state index is 14.2. The first-order valence-electron chi connectivity index (χ1n) is 14.0. The van der Waals surface area contributed by atoms with E-state index in [0.29, 0.717) is 5.02 Å². The topological polar surface area (TPSA) is 188 Å². The minimum Gasteiger partial charge on any atom is -0.464 e. The van der Waals surface area contributed by atoms with Gasteiger partial charge in [0.1, 0.15) is 5.82 Å². The summed E-state index contributed by atoms with van der Waals surface area (Å²) in [6.07, 6.45) is 1.88. The maximum Gasteiger partial charge on any atom is 0.358 e. The van der Waals surface area contributed by atoms with Crippen LogP contribution in [-0.4, -0.2) is 66.4 Å². The zero-order valence-corrected chi connectivity index (χ0v) is 31.2. The van der Waals surface area contributed by atoms with Crippen molar-refractivity contribution in [3.8, 4) is 0 Å². The number of dihydropyridines is 2. The van der Waals surface area contributed by atoms with Gasteiger partial charge in [-0.05, 0) is 36.8 Å². The van der Waals surface area contributed by atoms with Gasteiger partial charge in [-0.3, -0.25) is 20.9 Å². The largest absolute Gasteiger partial charge is 0.464 e. The van der Waals surface area contributed by atoms with Crippen LogP contribution in [0.5, 0.6) is 0 Å². The van der Waals surface area contributed by atoms with Gasteiger partial charge in [0.2, 0.25) is 0 Å². The standard InChI is InChI=1S/C15H15Cl2FN2O5S.C14H14Cl2N2O5S/c1-3-24-15(21)14-13(17)12(20-25-26(2,22)23)7-11(19-14)9-5-4-8(16)6-10(9)18;1-22-14(19)13-12(16)11(18-23-24(2,20)21)7-10(17-13)8-3-5-9(15)6-4-8/h4-6,11,20H,3,7H2,1-2H3;3-6,10,18H,7H2,1-2H3. The molecular weight excluding hydrogens is 789 g/mol. The maximum absolute atomic E-state index is 14.2. The number of esters is 2. The molecule has 2 unspecified atom stereocenters. The van der Waals surface area contributed by atoms with Crippen LogP contribution in [0.4, 0.5) is 4.39 Å². The monoisotopic (exact) mass is 816 g/mol. The molecule has 2 N–H and O–H groups in total. The molecule has 2 atom stereocenters. The molecule has 2 heterocycles. The highest BCUT2D eigenvalue weighted by molar-refractivity contribution is 7.86. The van der Waals surface area contributed by atoms with Gasteiger partial charge in [-0.25, -0.2) is 14.0 Å². The Morgan fingerprint density at radius 2 is 1.28 bits per heavy atom. The van der Waals surface area contributed by atoms with Crippen molar-refractivity contribution in [1.29, 1.82) is 0 Å². The number of carbonyl (C=O) groups is 2. The summed E-state index contributed by atoms with van der Waals surface area (Å²) >= 11 is 23.9. The molecule has 0 amide bonds. The molecule has 0 bridgehead atoms. The van der Waals surface area contributed by atoms with Crippen LogP contribution in [0.25, 0.3) is 0 Å². The van der Waals surface area contributed by atoms with Crippen LogP contribution < -0.4 is 11.0 Å². The fourth-order valence-electron chi connectivity index (χ4n) is 4.20. The Labute approximate surface area is 307 Å². The normalized spacial score (nSPS) is 17.9. The molecule has 2 aromatic carbocycles. The lowest BCUT2D eigenvalue weighted by molar-refractivity contribution is -0.135. The summed E-state index contributed by atoms with van der Waals surface area (Å²) in [7, 11) is -6.40. The highest BCUT2D eigenvalue weighted by atomic mass is 35.5. The third-order valence-electron chi connectivity index (χ3n) is 6.37. The summed E-state index contributed by atoms with van der Waals surface area (Å²) in [4.78, 5) is 32.4. The van der Waals surface area contributed by atoms with Crippen molar-refractivity contribution in [1.82, 2.24) is 11.0 Å². The highest BCUT2D eigenvalue weighted by Gasteiger charge is 2.32. The highest BCUT2D eigenvalue weighted by Crippen LogP contribution is 2.35. The molecule has 14 nitrogen and oxygen atoms in total. The van der Waals surface area contributed by atoms with Crippen LogP contribution in [0.3, 0.4) is 0 Å². The van der Waals surface area contributed by atoms with Gasteiger partial charge in [-0.2, -0.15) is 25.4 Å². The number of methoxy groups -OCH3 is 1. The molecule has 2 aliphatic rings. The fourth-order valence-corrected chi connectivity index (χ4v) is 5.47. The Hall–Kier alpha value is -3.29. The number of benzene rings is 2. The van der Waals surface area contributed by atoms with Crippen LogP contribution in [-0.2, 0) is 47.9 Å². The van der Waals surface area contributed by atoms with Crippen LogP contribution in [0.1, 0.15) is 43.0 Å². The van der Waals surface area contributed by atoms with Crippen molar-refractivity contribution in [2.24, 2.45) is 9.98 Å². The van der Waals surface area contributed by atoms with E-state index in [2.05, 4.69) is 34.2 Å². The molecule has 0 radical (unpaired) electrons. The number of carbonyl (C=O) groups excluding carboxylic acids is 2. The van der Waals surface area contributed by atoms with Gasteiger partial charge in [0.05, 0.1) is 59.8 Å². The molecule has 2 aliphatic heterocycles. The molecule has 2 aromatic rings. The number of hydrogen-bond acceptors (Lipinski definition) is 14. The first kappa shape index (κ1) is 41.1. The lowest BCUT2D eigenvalue weighted by Crippen LogP contribution is -2.29. The Morgan fingerprint density at radius 3 is 1.76 bits per heavy atom. The van der Waals surface area contributed by atoms with Gasteiger partial charge < -0.3 is 9.47 Å². The number of rotatable bonds is 11. The average Bonchev–Trinajstić information content (AvgIpc) is 3.03. The molecule has 0 spiro atoms. The summed E-state index contributed by atoms with van der Waals surface area (Å²) in [5.74, 6) is -2.19. The fraction of sp³-hybridized carbons (Fsp3) is 0.310. The minimum atomic E-state index is -3.84. The van der Waals surface area contributed by atoms with Gasteiger partial charge in [0.15, 0.2) is 11.4 Å². The number of aliphatic imine (C=N–C) groups is 2. The van der Waals surface area contributed by atoms with E-state index in [9.17, 15) is 30.8 Å². The number of ether oxygens (including phenoxy) is 2. The van der Waals surface area contributed by atoms with Gasteiger partial charge in [0.25, 0.3) is 20.2 Å². The molecule has 0 aliphatic carbocycles. The van der Waals surface area contributed by atoms with Gasteiger partial charge >= 0.3 is 11.9 Å². The van der Waals surface area contributed by atoms with E-state index in [1.54, 1.807) is 31.2 Å². The molecule has 0 saturated heterocycles. The van der Waals surface area contributed by atoms with Crippen molar-refractivity contribution in [2.45, 2.75) is 31.8 Å². The second kappa shape index (κ2) is 17.8. The predicted molar refractivity (Wildman–Crippen MR) is 185 cm³/mol. The number of hydroxylamine groups is 2. The Kier molecular flexibility index (Phi) is 14.6. The van der Waals surface area contributed by atoms with Crippen molar-refractivity contribution in [3.05, 3.63) is 90.9 Å². The lowest BCUT2D eigenvalue weighted by Gasteiger charge is -2.23. The number of nitrogens with one attached hydrogen (secondary N) is 2. The number of hydrogen-bond donors (Lipinski definition) is 2. The van der Waals surface area contributed by atoms with Crippen LogP contribution in [0, 0.1) is 5.82 Å². The zero-order valence-electron chi connectivity index (χ0n) is 26.5. The van der Waals surface area contributed by atoms with Crippen LogP contribution in [0.15, 0.2) is 73.9 Å². The second-order valence-corrected chi connectivity index (χ2v) is 15.0. The molecule has 21 heteroatoms. The quantitative estimate of drug-likeness (QED) is 0.224. The summed E-state index contributed by atoms with van der Waals surface area (Å²) in [5.41, 5.74) is 5.26. The molecule has 0 saturated carbocycles. The SMILES string of the molecule is CCOC(=O)C1=NC(c2ccc(Cl)cc2F)CC(NOS(C)(=O)=O)=C1Cl.COC(=O)C1=NC(c2ccc(Cl)cc2)CC(NOS(C)(=O)=O)=C1Cl. The predicted octanol–water partition coefficient (Wildman–Crippen LogP) is 5.19. The first-order chi connectivity index (χ1) is 23.3. The van der Waals surface area contributed by atoms with E-state index in [0.717, 1.165) is 24.1 Å². The Bertz CT molecular complexity index is 1970. The number of nitrogens with zero attached hydrogens (tertiary/aromatic N) is 2. The van der Waals surface area contributed by atoms with E-state index in [1.807, 2.05) is 0 Å². The molecule has 50 heavy (non-hydrogen) atoms. The van der Waals surface area contributed by atoms with Gasteiger partial charge in [0, 0.05) is 28.5 Å². The van der Waals surface area contributed by atoms with Crippen LogP contribution >= 0.6 is 46.4 Å². The smallest absolute Gasteiger partial charge is 0.358 e. The molecule has 4 rings (SSSR count). The lowest BCUT2D eigenvalue weighted by atomic mass is 9.98. The summed E-state index contributed by atoms with van der Waals surface area (Å²) in [6, 6.07) is 9.52. The van der Waals surface area contributed by atoms with E-state index in [4.69, 9.17) is 51.1 Å².